The summed E-state index contributed by atoms with van der Waals surface area (Å²) in [5.41, 5.74) is 5.06. The van der Waals surface area contributed by atoms with Crippen molar-refractivity contribution in [1.82, 2.24) is 10.3 Å². The maximum Gasteiger partial charge on any atom is 0.270 e. The van der Waals surface area contributed by atoms with Crippen LogP contribution in [0.4, 0.5) is 10.1 Å². The average Bonchev–Trinajstić information content (AvgIpc) is 3.75. The van der Waals surface area contributed by atoms with E-state index in [1.165, 1.54) is 35.6 Å². The number of aryl methyl sites for hydroxylation is 1. The first kappa shape index (κ1) is 38.7. The highest BCUT2D eigenvalue weighted by Crippen LogP contribution is 2.49. The zero-order chi connectivity index (χ0) is 38.1. The van der Waals surface area contributed by atoms with Crippen molar-refractivity contribution in [2.75, 3.05) is 24.7 Å². The summed E-state index contributed by atoms with van der Waals surface area (Å²) in [5, 5.41) is 45.6. The fraction of sp³-hybridized carbons (Fsp3) is 0.310. The standard InChI is InChI=1S/C42H44FN3O7S/c43-32-11-9-31(10-12-32)37(49)16-15-34-39(46(41(34)51)33-13-6-28(7-14-33)19-21-44-40(50)36-24-54-27-45-36)35-22-29(18-20-42(52,25-47)26-48)8-17-38(35)53-23-30-4-2-1-3-5-30/h1-14,17,22,24,27,34,37,39,47-49,52H,15-16,18-21,23,25-26H2,(H,44,50)/t34-,37+,39+/m1/s1. The molecule has 0 saturated carbocycles. The van der Waals surface area contributed by atoms with E-state index in [4.69, 9.17) is 4.74 Å². The lowest BCUT2D eigenvalue weighted by Gasteiger charge is -2.48. The Bertz CT molecular complexity index is 1970. The molecule has 282 valence electrons. The molecule has 10 nitrogen and oxygen atoms in total. The number of benzene rings is 4. The molecule has 1 saturated heterocycles. The Hall–Kier alpha value is -4.98. The van der Waals surface area contributed by atoms with E-state index in [0.717, 1.165) is 22.3 Å². The van der Waals surface area contributed by atoms with Gasteiger partial charge in [0.05, 0.1) is 36.8 Å². The summed E-state index contributed by atoms with van der Waals surface area (Å²) in [6, 6.07) is 28.2. The second-order valence-corrected chi connectivity index (χ2v) is 14.4. The van der Waals surface area contributed by atoms with E-state index in [1.54, 1.807) is 15.8 Å². The van der Waals surface area contributed by atoms with E-state index in [9.17, 15) is 34.4 Å². The first-order valence-electron chi connectivity index (χ1n) is 17.9. The molecule has 2 heterocycles. The number of nitrogens with one attached hydrogen (secondary N) is 1. The van der Waals surface area contributed by atoms with Gasteiger partial charge in [-0.05, 0) is 90.8 Å². The molecular weight excluding hydrogens is 710 g/mol. The fourth-order valence-corrected chi connectivity index (χ4v) is 7.19. The normalized spacial score (nSPS) is 16.2. The molecule has 1 aliphatic rings. The molecule has 6 rings (SSSR count). The van der Waals surface area contributed by atoms with Crippen LogP contribution in [-0.2, 0) is 24.2 Å². The van der Waals surface area contributed by atoms with E-state index in [-0.39, 0.29) is 31.3 Å². The van der Waals surface area contributed by atoms with Gasteiger partial charge in [0.1, 0.15) is 29.5 Å². The number of halogens is 1. The van der Waals surface area contributed by atoms with Gasteiger partial charge in [-0.2, -0.15) is 0 Å². The number of thiazole rings is 1. The van der Waals surface area contributed by atoms with Gasteiger partial charge in [0.15, 0.2) is 0 Å². The summed E-state index contributed by atoms with van der Waals surface area (Å²) in [6.07, 6.45) is 0.718. The van der Waals surface area contributed by atoms with Crippen LogP contribution < -0.4 is 15.0 Å². The summed E-state index contributed by atoms with van der Waals surface area (Å²) < 4.78 is 20.0. The van der Waals surface area contributed by atoms with Crippen LogP contribution >= 0.6 is 11.3 Å². The second kappa shape index (κ2) is 17.9. The van der Waals surface area contributed by atoms with Crippen LogP contribution in [-0.4, -0.2) is 62.6 Å². The van der Waals surface area contributed by atoms with Gasteiger partial charge in [-0.25, -0.2) is 9.37 Å². The molecule has 5 aromatic rings. The predicted octanol–water partition coefficient (Wildman–Crippen LogP) is 5.70. The first-order valence-corrected chi connectivity index (χ1v) is 18.9. The lowest BCUT2D eigenvalue weighted by atomic mass is 9.77. The smallest absolute Gasteiger partial charge is 0.270 e. The van der Waals surface area contributed by atoms with Crippen LogP contribution in [0.3, 0.4) is 0 Å². The van der Waals surface area contributed by atoms with Gasteiger partial charge in [0, 0.05) is 23.2 Å². The number of ether oxygens (including phenoxy) is 1. The number of anilines is 1. The van der Waals surface area contributed by atoms with Crippen LogP contribution in [0, 0.1) is 11.7 Å². The molecule has 1 fully saturated rings. The Morgan fingerprint density at radius 2 is 1.67 bits per heavy atom. The number of aromatic nitrogens is 1. The summed E-state index contributed by atoms with van der Waals surface area (Å²) in [6.45, 7) is -0.487. The van der Waals surface area contributed by atoms with Crippen molar-refractivity contribution in [3.8, 4) is 5.75 Å². The average molecular weight is 754 g/mol. The molecule has 0 bridgehead atoms. The molecule has 12 heteroatoms. The van der Waals surface area contributed by atoms with Crippen LogP contribution in [0.2, 0.25) is 0 Å². The molecule has 0 unspecified atom stereocenters. The van der Waals surface area contributed by atoms with Crippen LogP contribution in [0.1, 0.15) is 69.7 Å². The van der Waals surface area contributed by atoms with Crippen LogP contribution in [0.5, 0.6) is 5.75 Å². The number of hydrogen-bond acceptors (Lipinski definition) is 9. The third-order valence-electron chi connectivity index (χ3n) is 9.90. The van der Waals surface area contributed by atoms with Gasteiger partial charge >= 0.3 is 0 Å². The summed E-state index contributed by atoms with van der Waals surface area (Å²) >= 11 is 1.36. The van der Waals surface area contributed by atoms with E-state index >= 15 is 0 Å². The minimum absolute atomic E-state index is 0.107. The first-order chi connectivity index (χ1) is 26.2. The van der Waals surface area contributed by atoms with Crippen molar-refractivity contribution in [2.24, 2.45) is 5.92 Å². The summed E-state index contributed by atoms with van der Waals surface area (Å²) in [7, 11) is 0. The highest BCUT2D eigenvalue weighted by molar-refractivity contribution is 7.07. The maximum absolute atomic E-state index is 14.1. The van der Waals surface area contributed by atoms with Crippen molar-refractivity contribution in [2.45, 2.75) is 56.5 Å². The van der Waals surface area contributed by atoms with Crippen molar-refractivity contribution in [3.05, 3.63) is 147 Å². The fourth-order valence-electron chi connectivity index (χ4n) is 6.66. The van der Waals surface area contributed by atoms with E-state index < -0.39 is 42.7 Å². The summed E-state index contributed by atoms with van der Waals surface area (Å²) in [5.74, 6) is -0.712. The largest absolute Gasteiger partial charge is 0.489 e. The third-order valence-corrected chi connectivity index (χ3v) is 10.5. The van der Waals surface area contributed by atoms with Gasteiger partial charge in [0.25, 0.3) is 5.91 Å². The summed E-state index contributed by atoms with van der Waals surface area (Å²) in [4.78, 5) is 32.2. The number of rotatable bonds is 18. The van der Waals surface area contributed by atoms with Gasteiger partial charge in [-0.15, -0.1) is 11.3 Å². The predicted molar refractivity (Wildman–Crippen MR) is 204 cm³/mol. The van der Waals surface area contributed by atoms with Crippen molar-refractivity contribution >= 4 is 28.8 Å². The topological polar surface area (TPSA) is 152 Å². The van der Waals surface area contributed by atoms with E-state index in [0.29, 0.717) is 48.5 Å². The van der Waals surface area contributed by atoms with Gasteiger partial charge in [-0.1, -0.05) is 60.7 Å². The van der Waals surface area contributed by atoms with Crippen LogP contribution in [0.15, 0.2) is 108 Å². The third kappa shape index (κ3) is 9.38. The van der Waals surface area contributed by atoms with Crippen molar-refractivity contribution < 1.29 is 39.1 Å². The molecule has 3 atom stereocenters. The number of nitrogens with zero attached hydrogens (tertiary/aromatic N) is 2. The number of amides is 2. The molecule has 54 heavy (non-hydrogen) atoms. The Morgan fingerprint density at radius 1 is 0.944 bits per heavy atom. The Morgan fingerprint density at radius 3 is 2.35 bits per heavy atom. The quantitative estimate of drug-likeness (QED) is 0.0716. The second-order valence-electron chi connectivity index (χ2n) is 13.6. The number of carbonyl (C=O) groups is 2. The molecule has 0 radical (unpaired) electrons. The number of aliphatic hydroxyl groups is 4. The Balaban J connectivity index is 1.28. The van der Waals surface area contributed by atoms with Crippen molar-refractivity contribution in [3.63, 3.8) is 0 Å². The number of hydrogen-bond donors (Lipinski definition) is 5. The number of aliphatic hydroxyl groups excluding tert-OH is 3. The molecule has 4 aromatic carbocycles. The van der Waals surface area contributed by atoms with Gasteiger partial charge in [0.2, 0.25) is 5.91 Å². The molecular formula is C42H44FN3O7S. The zero-order valence-electron chi connectivity index (χ0n) is 29.7. The Labute approximate surface area is 317 Å². The van der Waals surface area contributed by atoms with E-state index in [1.807, 2.05) is 72.8 Å². The highest BCUT2D eigenvalue weighted by Gasteiger charge is 2.49. The monoisotopic (exact) mass is 753 g/mol. The molecule has 1 aliphatic heterocycles. The van der Waals surface area contributed by atoms with E-state index in [2.05, 4.69) is 10.3 Å². The van der Waals surface area contributed by atoms with Crippen LogP contribution in [0.25, 0.3) is 0 Å². The minimum atomic E-state index is -1.65. The SMILES string of the molecule is O=C(NCCc1ccc(N2C(=O)[C@H](CC[C@H](O)c3ccc(F)cc3)[C@H]2c2cc(CCC(O)(CO)CO)ccc2OCc2ccccc2)cc1)c1cscn1. The number of β-lactam (4-membered cyclic amide) rings is 1. The molecule has 5 N–H and O–H groups in total. The molecule has 2 amide bonds. The zero-order valence-corrected chi connectivity index (χ0v) is 30.5. The van der Waals surface area contributed by atoms with Crippen molar-refractivity contribution in [1.29, 1.82) is 0 Å². The molecule has 1 aromatic heterocycles. The Kier molecular flexibility index (Phi) is 12.8. The van der Waals surface area contributed by atoms with Gasteiger partial charge < -0.3 is 35.4 Å². The molecule has 0 spiro atoms. The minimum Gasteiger partial charge on any atom is -0.489 e. The molecule has 0 aliphatic carbocycles. The maximum atomic E-state index is 14.1. The van der Waals surface area contributed by atoms with Gasteiger partial charge in [-0.3, -0.25) is 9.59 Å². The number of carbonyl (C=O) groups excluding carboxylic acids is 2. The highest BCUT2D eigenvalue weighted by atomic mass is 32.1. The lowest BCUT2D eigenvalue weighted by molar-refractivity contribution is -0.131. The lowest BCUT2D eigenvalue weighted by Crippen LogP contribution is -2.55.